The van der Waals surface area contributed by atoms with Crippen molar-refractivity contribution >= 4 is 17.9 Å². The zero-order valence-corrected chi connectivity index (χ0v) is 14.9. The lowest BCUT2D eigenvalue weighted by Gasteiger charge is -2.25. The average molecular weight is 350 g/mol. The Kier molecular flexibility index (Phi) is 4.75. The van der Waals surface area contributed by atoms with Crippen molar-refractivity contribution in [2.75, 3.05) is 0 Å². The van der Waals surface area contributed by atoms with Gasteiger partial charge in [-0.2, -0.15) is 0 Å². The van der Waals surface area contributed by atoms with Crippen LogP contribution in [0, 0.1) is 0 Å². The molecule has 1 aromatic carbocycles. The van der Waals surface area contributed by atoms with E-state index in [0.717, 1.165) is 11.4 Å². The third-order valence-electron chi connectivity index (χ3n) is 4.42. The van der Waals surface area contributed by atoms with Crippen LogP contribution in [-0.2, 0) is 21.4 Å². The third kappa shape index (κ3) is 3.74. The highest BCUT2D eigenvalue weighted by Gasteiger charge is 2.30. The number of aromatic nitrogens is 2. The Hall–Kier alpha value is -3.15. The number of carbonyl (C=O) groups excluding carboxylic acids is 2. The maximum atomic E-state index is 12.4. The minimum atomic E-state index is -0.584. The Labute approximate surface area is 152 Å². The second-order valence-corrected chi connectivity index (χ2v) is 6.88. The molecule has 1 unspecified atom stereocenters. The molecule has 0 radical (unpaired) electrons. The van der Waals surface area contributed by atoms with Crippen LogP contribution in [0.2, 0.25) is 0 Å². The summed E-state index contributed by atoms with van der Waals surface area (Å²) in [5, 5.41) is 5.45. The number of hydrogen-bond acceptors (Lipinski definition) is 3. The Morgan fingerprint density at radius 2 is 1.96 bits per heavy atom. The summed E-state index contributed by atoms with van der Waals surface area (Å²) in [6, 6.07) is 9.00. The zero-order valence-electron chi connectivity index (χ0n) is 14.9. The highest BCUT2D eigenvalue weighted by Crippen LogP contribution is 2.21. The molecule has 1 saturated heterocycles. The van der Waals surface area contributed by atoms with Crippen molar-refractivity contribution in [2.24, 2.45) is 0 Å². The standard InChI is InChI=1S/C20H22N4O2/c1-4-20(2,3)19-21-12-14(22-19)11-16-18(26)23-15(17(25)24-16)10-13-8-6-5-7-9-13/h4-9,11-12,15H,1,10H2,2-3H3,(H,21,22)(H,23,26)(H,24,25)/b16-11-. The van der Waals surface area contributed by atoms with E-state index in [1.807, 2.05) is 44.2 Å². The van der Waals surface area contributed by atoms with E-state index in [9.17, 15) is 9.59 Å². The highest BCUT2D eigenvalue weighted by atomic mass is 16.2. The number of nitrogens with one attached hydrogen (secondary N) is 3. The predicted octanol–water partition coefficient (Wildman–Crippen LogP) is 2.07. The first-order valence-corrected chi connectivity index (χ1v) is 8.45. The molecule has 6 heteroatoms. The van der Waals surface area contributed by atoms with Gasteiger partial charge in [0.2, 0.25) is 5.91 Å². The van der Waals surface area contributed by atoms with Crippen LogP contribution in [0.1, 0.15) is 30.9 Å². The van der Waals surface area contributed by atoms with Gasteiger partial charge in [0.15, 0.2) is 0 Å². The summed E-state index contributed by atoms with van der Waals surface area (Å²) < 4.78 is 0. The molecule has 2 amide bonds. The maximum Gasteiger partial charge on any atom is 0.268 e. The lowest BCUT2D eigenvalue weighted by molar-refractivity contribution is -0.131. The topological polar surface area (TPSA) is 86.9 Å². The van der Waals surface area contributed by atoms with Crippen molar-refractivity contribution in [3.05, 3.63) is 72.0 Å². The molecule has 1 aliphatic heterocycles. The van der Waals surface area contributed by atoms with E-state index in [2.05, 4.69) is 27.2 Å². The van der Waals surface area contributed by atoms with Gasteiger partial charge in [-0.05, 0) is 25.5 Å². The summed E-state index contributed by atoms with van der Waals surface area (Å²) in [7, 11) is 0. The van der Waals surface area contributed by atoms with Gasteiger partial charge in [-0.15, -0.1) is 6.58 Å². The molecule has 1 aliphatic rings. The molecule has 1 aromatic heterocycles. The highest BCUT2D eigenvalue weighted by molar-refractivity contribution is 6.07. The molecular formula is C20H22N4O2. The molecule has 1 fully saturated rings. The van der Waals surface area contributed by atoms with E-state index in [1.54, 1.807) is 18.3 Å². The van der Waals surface area contributed by atoms with E-state index < -0.39 is 6.04 Å². The molecular weight excluding hydrogens is 328 g/mol. The molecule has 3 rings (SSSR count). The van der Waals surface area contributed by atoms with Gasteiger partial charge in [0.25, 0.3) is 5.91 Å². The van der Waals surface area contributed by atoms with Crippen LogP contribution in [0.25, 0.3) is 6.08 Å². The Bertz CT molecular complexity index is 865. The monoisotopic (exact) mass is 350 g/mol. The van der Waals surface area contributed by atoms with Crippen LogP contribution in [0.4, 0.5) is 0 Å². The fourth-order valence-corrected chi connectivity index (χ4v) is 2.66. The first kappa shape index (κ1) is 17.7. The fraction of sp³-hybridized carbons (Fsp3) is 0.250. The molecule has 3 N–H and O–H groups in total. The number of nitrogens with zero attached hydrogens (tertiary/aromatic N) is 1. The molecule has 6 nitrogen and oxygen atoms in total. The Morgan fingerprint density at radius 1 is 1.23 bits per heavy atom. The minimum absolute atomic E-state index is 0.200. The molecule has 1 atom stereocenters. The number of rotatable bonds is 5. The molecule has 134 valence electrons. The van der Waals surface area contributed by atoms with Crippen LogP contribution < -0.4 is 10.6 Å². The largest absolute Gasteiger partial charge is 0.342 e. The van der Waals surface area contributed by atoms with Gasteiger partial charge < -0.3 is 15.6 Å². The molecule has 2 aromatic rings. The summed E-state index contributed by atoms with van der Waals surface area (Å²) in [5.74, 6) is 0.194. The first-order valence-electron chi connectivity index (χ1n) is 8.45. The van der Waals surface area contributed by atoms with Gasteiger partial charge in [0.05, 0.1) is 11.9 Å². The van der Waals surface area contributed by atoms with Gasteiger partial charge in [-0.1, -0.05) is 36.4 Å². The van der Waals surface area contributed by atoms with Crippen LogP contribution >= 0.6 is 0 Å². The van der Waals surface area contributed by atoms with Crippen molar-refractivity contribution in [1.82, 2.24) is 20.6 Å². The smallest absolute Gasteiger partial charge is 0.268 e. The van der Waals surface area contributed by atoms with Crippen molar-refractivity contribution in [2.45, 2.75) is 31.7 Å². The second kappa shape index (κ2) is 7.00. The summed E-state index contributed by atoms with van der Waals surface area (Å²) in [4.78, 5) is 32.2. The van der Waals surface area contributed by atoms with E-state index in [1.165, 1.54) is 0 Å². The van der Waals surface area contributed by atoms with Crippen LogP contribution in [0.15, 0.2) is 54.9 Å². The van der Waals surface area contributed by atoms with Gasteiger partial charge in [0, 0.05) is 11.8 Å². The average Bonchev–Trinajstić information content (AvgIpc) is 3.10. The fourth-order valence-electron chi connectivity index (χ4n) is 2.66. The van der Waals surface area contributed by atoms with Gasteiger partial charge in [0.1, 0.15) is 17.6 Å². The number of imidazole rings is 1. The van der Waals surface area contributed by atoms with E-state index >= 15 is 0 Å². The number of aromatic amines is 1. The third-order valence-corrected chi connectivity index (χ3v) is 4.42. The molecule has 2 heterocycles. The number of H-pyrrole nitrogens is 1. The molecule has 0 bridgehead atoms. The summed E-state index contributed by atoms with van der Waals surface area (Å²) >= 11 is 0. The molecule has 0 saturated carbocycles. The number of piperazine rings is 1. The minimum Gasteiger partial charge on any atom is -0.342 e. The van der Waals surface area contributed by atoms with Gasteiger partial charge in [-0.25, -0.2) is 4.98 Å². The Balaban J connectivity index is 1.73. The predicted molar refractivity (Wildman–Crippen MR) is 100 cm³/mol. The zero-order chi connectivity index (χ0) is 18.7. The normalized spacial score (nSPS) is 19.2. The Morgan fingerprint density at radius 3 is 2.65 bits per heavy atom. The number of allylic oxidation sites excluding steroid dienone is 1. The lowest BCUT2D eigenvalue weighted by atomic mass is 9.93. The van der Waals surface area contributed by atoms with E-state index in [4.69, 9.17) is 0 Å². The van der Waals surface area contributed by atoms with E-state index in [-0.39, 0.29) is 22.9 Å². The number of amides is 2. The SMILES string of the molecule is C=CC(C)(C)c1ncc(/C=C2\NC(=O)C(Cc3ccccc3)NC2=O)[nH]1. The van der Waals surface area contributed by atoms with Crippen molar-refractivity contribution in [3.8, 4) is 0 Å². The first-order chi connectivity index (χ1) is 12.4. The molecule has 0 spiro atoms. The quantitative estimate of drug-likeness (QED) is 0.570. The van der Waals surface area contributed by atoms with Crippen LogP contribution in [0.3, 0.4) is 0 Å². The summed E-state index contributed by atoms with van der Waals surface area (Å²) in [6.45, 7) is 7.77. The summed E-state index contributed by atoms with van der Waals surface area (Å²) in [6.07, 6.45) is 5.46. The number of carbonyl (C=O) groups is 2. The molecule has 26 heavy (non-hydrogen) atoms. The van der Waals surface area contributed by atoms with Gasteiger partial charge >= 0.3 is 0 Å². The van der Waals surface area contributed by atoms with Gasteiger partial charge in [-0.3, -0.25) is 9.59 Å². The van der Waals surface area contributed by atoms with Crippen molar-refractivity contribution < 1.29 is 9.59 Å². The number of benzene rings is 1. The summed E-state index contributed by atoms with van der Waals surface area (Å²) in [5.41, 5.74) is 1.52. The van der Waals surface area contributed by atoms with Crippen molar-refractivity contribution in [1.29, 1.82) is 0 Å². The van der Waals surface area contributed by atoms with E-state index in [0.29, 0.717) is 12.1 Å². The molecule has 0 aliphatic carbocycles. The van der Waals surface area contributed by atoms with Crippen LogP contribution in [-0.4, -0.2) is 27.8 Å². The maximum absolute atomic E-state index is 12.4. The van der Waals surface area contributed by atoms with Crippen molar-refractivity contribution in [3.63, 3.8) is 0 Å². The van der Waals surface area contributed by atoms with Crippen LogP contribution in [0.5, 0.6) is 0 Å². The number of hydrogen-bond donors (Lipinski definition) is 3. The lowest BCUT2D eigenvalue weighted by Crippen LogP contribution is -2.55. The second-order valence-electron chi connectivity index (χ2n) is 6.88.